The lowest BCUT2D eigenvalue weighted by molar-refractivity contribution is -0.117. The van der Waals surface area contributed by atoms with E-state index < -0.39 is 11.8 Å². The number of ketones is 1. The average molecular weight is 431 g/mol. The number of ether oxygens (including phenoxy) is 2. The van der Waals surface area contributed by atoms with Crippen molar-refractivity contribution in [1.82, 2.24) is 9.97 Å². The van der Waals surface area contributed by atoms with Crippen LogP contribution in [0.1, 0.15) is 44.6 Å². The molecule has 0 spiro atoms. The maximum atomic E-state index is 13.0. The minimum absolute atomic E-state index is 0.0185. The molecular weight excluding hydrogens is 404 g/mol. The minimum atomic E-state index is -2.60. The number of carbonyl (C=O) groups is 1. The molecule has 2 aromatic rings. The normalized spacial score (nSPS) is 22.8. The zero-order valence-corrected chi connectivity index (χ0v) is 17.8. The van der Waals surface area contributed by atoms with Gasteiger partial charge in [0.25, 0.3) is 5.92 Å². The van der Waals surface area contributed by atoms with Crippen LogP contribution in [-0.2, 0) is 4.79 Å². The molecule has 2 aliphatic rings. The number of alkyl halides is 2. The van der Waals surface area contributed by atoms with Crippen LogP contribution in [0.25, 0.3) is 0 Å². The molecule has 0 N–H and O–H groups in total. The van der Waals surface area contributed by atoms with Crippen molar-refractivity contribution in [2.45, 2.75) is 51.1 Å². The van der Waals surface area contributed by atoms with Crippen molar-refractivity contribution >= 4 is 11.6 Å². The van der Waals surface area contributed by atoms with Gasteiger partial charge in [-0.1, -0.05) is 19.1 Å². The Kier molecular flexibility index (Phi) is 6.07. The molecule has 3 atom stereocenters. The van der Waals surface area contributed by atoms with Crippen molar-refractivity contribution in [2.24, 2.45) is 5.92 Å². The molecule has 2 heterocycles. The second-order valence-electron chi connectivity index (χ2n) is 8.54. The Morgan fingerprint density at radius 2 is 2.03 bits per heavy atom. The Labute approximate surface area is 180 Å². The van der Waals surface area contributed by atoms with Gasteiger partial charge in [0.05, 0.1) is 19.1 Å². The summed E-state index contributed by atoms with van der Waals surface area (Å²) in [6.45, 7) is 5.06. The lowest BCUT2D eigenvalue weighted by Crippen LogP contribution is -2.25. The van der Waals surface area contributed by atoms with Gasteiger partial charge in [-0.05, 0) is 30.5 Å². The Balaban J connectivity index is 1.29. The Morgan fingerprint density at radius 3 is 2.71 bits per heavy atom. The van der Waals surface area contributed by atoms with Crippen molar-refractivity contribution in [3.63, 3.8) is 0 Å². The van der Waals surface area contributed by atoms with Crippen molar-refractivity contribution in [2.75, 3.05) is 24.6 Å². The number of Topliss-reactive ketones (excluding diaryl/α,β-unsaturated/α-hetero) is 1. The molecule has 166 valence electrons. The number of nitrogens with zero attached hydrogens (tertiary/aromatic N) is 3. The highest BCUT2D eigenvalue weighted by atomic mass is 19.3. The average Bonchev–Trinajstić information content (AvgIpc) is 3.10. The smallest absolute Gasteiger partial charge is 0.255 e. The fourth-order valence-electron chi connectivity index (χ4n) is 3.87. The fourth-order valence-corrected chi connectivity index (χ4v) is 3.87. The summed E-state index contributed by atoms with van der Waals surface area (Å²) < 4.78 is 37.6. The molecule has 1 unspecified atom stereocenters. The molecule has 1 aliphatic heterocycles. The van der Waals surface area contributed by atoms with Crippen molar-refractivity contribution in [3.05, 3.63) is 42.2 Å². The van der Waals surface area contributed by atoms with Crippen molar-refractivity contribution in [3.8, 4) is 11.6 Å². The van der Waals surface area contributed by atoms with E-state index in [-0.39, 0.29) is 30.8 Å². The van der Waals surface area contributed by atoms with Crippen LogP contribution < -0.4 is 14.4 Å². The molecule has 0 radical (unpaired) electrons. The van der Waals surface area contributed by atoms with Gasteiger partial charge < -0.3 is 19.2 Å². The van der Waals surface area contributed by atoms with E-state index in [1.165, 1.54) is 6.33 Å². The van der Waals surface area contributed by atoms with Crippen LogP contribution >= 0.6 is 0 Å². The minimum Gasteiger partial charge on any atom is -0.489 e. The third kappa shape index (κ3) is 5.48. The summed E-state index contributed by atoms with van der Waals surface area (Å²) in [6.07, 6.45) is 2.67. The number of benzene rings is 1. The second-order valence-corrected chi connectivity index (χ2v) is 8.54. The maximum Gasteiger partial charge on any atom is 0.255 e. The molecule has 1 aliphatic carbocycles. The second kappa shape index (κ2) is 8.77. The molecule has 6 nitrogen and oxygen atoms in total. The molecule has 1 saturated carbocycles. The predicted octanol–water partition coefficient (Wildman–Crippen LogP) is 4.25. The molecule has 0 bridgehead atoms. The van der Waals surface area contributed by atoms with Crippen LogP contribution in [0.5, 0.6) is 11.6 Å². The van der Waals surface area contributed by atoms with Crippen LogP contribution in [0.2, 0.25) is 0 Å². The van der Waals surface area contributed by atoms with Crippen molar-refractivity contribution in [1.29, 1.82) is 0 Å². The number of anilines is 1. The Morgan fingerprint density at radius 1 is 1.29 bits per heavy atom. The van der Waals surface area contributed by atoms with Gasteiger partial charge in [0.1, 0.15) is 29.8 Å². The van der Waals surface area contributed by atoms with E-state index in [1.54, 1.807) is 13.0 Å². The van der Waals surface area contributed by atoms with E-state index in [1.807, 2.05) is 31.2 Å². The fraction of sp³-hybridized carbons (Fsp3) is 0.522. The zero-order chi connectivity index (χ0) is 22.0. The van der Waals surface area contributed by atoms with Crippen LogP contribution in [0.4, 0.5) is 14.6 Å². The van der Waals surface area contributed by atoms with E-state index in [9.17, 15) is 13.6 Å². The first-order chi connectivity index (χ1) is 14.8. The highest BCUT2D eigenvalue weighted by molar-refractivity contribution is 5.76. The summed E-state index contributed by atoms with van der Waals surface area (Å²) in [4.78, 5) is 21.7. The van der Waals surface area contributed by atoms with Gasteiger partial charge in [-0.25, -0.2) is 18.7 Å². The topological polar surface area (TPSA) is 64.5 Å². The first-order valence-corrected chi connectivity index (χ1v) is 10.6. The summed E-state index contributed by atoms with van der Waals surface area (Å²) in [6, 6.07) is 9.59. The van der Waals surface area contributed by atoms with E-state index in [0.29, 0.717) is 24.7 Å². The molecule has 4 rings (SSSR count). The summed E-state index contributed by atoms with van der Waals surface area (Å²) >= 11 is 0. The van der Waals surface area contributed by atoms with Gasteiger partial charge >= 0.3 is 0 Å². The third-order valence-electron chi connectivity index (χ3n) is 5.83. The molecular formula is C23H27F2N3O3. The summed E-state index contributed by atoms with van der Waals surface area (Å²) in [5, 5.41) is 0. The van der Waals surface area contributed by atoms with Crippen LogP contribution in [0.15, 0.2) is 36.7 Å². The first-order valence-electron chi connectivity index (χ1n) is 10.6. The van der Waals surface area contributed by atoms with Crippen LogP contribution in [0, 0.1) is 5.92 Å². The summed E-state index contributed by atoms with van der Waals surface area (Å²) in [5.41, 5.74) is 1.12. The van der Waals surface area contributed by atoms with Gasteiger partial charge in [0.2, 0.25) is 5.88 Å². The summed E-state index contributed by atoms with van der Waals surface area (Å²) in [5.74, 6) is -1.13. The third-order valence-corrected chi connectivity index (χ3v) is 5.83. The number of halogens is 2. The lowest BCUT2D eigenvalue weighted by Gasteiger charge is -2.19. The SMILES string of the molecule is CC(=O)C[C@@H](C)c1ccc(O[C@@H]2CCN(c3cc(OCC4CC4(F)F)ncn3)C2)cc1. The maximum absolute atomic E-state index is 13.0. The number of hydrogen-bond donors (Lipinski definition) is 0. The zero-order valence-electron chi connectivity index (χ0n) is 17.8. The highest BCUT2D eigenvalue weighted by Gasteiger charge is 2.57. The quantitative estimate of drug-likeness (QED) is 0.591. The van der Waals surface area contributed by atoms with E-state index >= 15 is 0 Å². The van der Waals surface area contributed by atoms with Gasteiger partial charge in [0, 0.05) is 31.9 Å². The van der Waals surface area contributed by atoms with Gasteiger partial charge in [-0.2, -0.15) is 0 Å². The van der Waals surface area contributed by atoms with Crippen molar-refractivity contribution < 1.29 is 23.0 Å². The van der Waals surface area contributed by atoms with E-state index in [0.717, 1.165) is 24.3 Å². The van der Waals surface area contributed by atoms with Gasteiger partial charge in [0.15, 0.2) is 0 Å². The number of carbonyl (C=O) groups excluding carboxylic acids is 1. The molecule has 2 fully saturated rings. The van der Waals surface area contributed by atoms with Crippen LogP contribution in [0.3, 0.4) is 0 Å². The molecule has 8 heteroatoms. The van der Waals surface area contributed by atoms with Gasteiger partial charge in [-0.15, -0.1) is 0 Å². The lowest BCUT2D eigenvalue weighted by atomic mass is 9.96. The largest absolute Gasteiger partial charge is 0.489 e. The number of aromatic nitrogens is 2. The van der Waals surface area contributed by atoms with E-state index in [2.05, 4.69) is 14.9 Å². The van der Waals surface area contributed by atoms with Crippen LogP contribution in [-0.4, -0.2) is 47.5 Å². The predicted molar refractivity (Wildman–Crippen MR) is 112 cm³/mol. The molecule has 1 saturated heterocycles. The number of rotatable bonds is 9. The molecule has 1 aromatic heterocycles. The Hall–Kier alpha value is -2.77. The number of hydrogen-bond acceptors (Lipinski definition) is 6. The standard InChI is InChI=1S/C23H27F2N3O3/c1-15(9-16(2)29)17-3-5-19(6-4-17)31-20-7-8-28(12-20)21-10-22(27-14-26-21)30-13-18-11-23(18,24)25/h3-6,10,14-15,18,20H,7-9,11-13H2,1-2H3/t15-,18?,20-/m1/s1. The Bertz CT molecular complexity index is 923. The van der Waals surface area contributed by atoms with Gasteiger partial charge in [-0.3, -0.25) is 0 Å². The molecule has 0 amide bonds. The van der Waals surface area contributed by atoms with E-state index in [4.69, 9.17) is 9.47 Å². The summed E-state index contributed by atoms with van der Waals surface area (Å²) in [7, 11) is 0. The highest BCUT2D eigenvalue weighted by Crippen LogP contribution is 2.48. The molecule has 31 heavy (non-hydrogen) atoms. The monoisotopic (exact) mass is 431 g/mol. The molecule has 1 aromatic carbocycles. The first kappa shape index (κ1) is 21.5.